The summed E-state index contributed by atoms with van der Waals surface area (Å²) in [4.78, 5) is 9.40. The average molecular weight is 463 g/mol. The van der Waals surface area contributed by atoms with E-state index in [1.165, 1.54) is 5.39 Å². The van der Waals surface area contributed by atoms with Crippen molar-refractivity contribution in [3.63, 3.8) is 0 Å². The molecule has 0 fully saturated rings. The molecule has 0 saturated heterocycles. The smallest absolute Gasteiger partial charge is 0.264 e. The molecule has 0 amide bonds. The molecular weight excluding hydrogens is 442 g/mol. The summed E-state index contributed by atoms with van der Waals surface area (Å²) in [5, 5.41) is 2.34. The molecule has 1 atom stereocenters. The second-order valence-electron chi connectivity index (χ2n) is 8.25. The van der Waals surface area contributed by atoms with Crippen molar-refractivity contribution in [1.82, 2.24) is 0 Å². The van der Waals surface area contributed by atoms with Crippen LogP contribution in [0.25, 0.3) is 16.5 Å². The first-order valence-electron chi connectivity index (χ1n) is 11.1. The number of ether oxygens (including phenoxy) is 1. The third-order valence-electron chi connectivity index (χ3n) is 6.04. The van der Waals surface area contributed by atoms with Gasteiger partial charge in [0.2, 0.25) is 5.70 Å². The van der Waals surface area contributed by atoms with Gasteiger partial charge in [-0.05, 0) is 40.6 Å². The average Bonchev–Trinajstić information content (AvgIpc) is 3.21. The quantitative estimate of drug-likeness (QED) is 0.292. The van der Waals surface area contributed by atoms with E-state index >= 15 is 0 Å². The molecule has 5 heteroatoms. The fourth-order valence-electron chi connectivity index (χ4n) is 4.31. The molecule has 0 aromatic heterocycles. The minimum Gasteiger partial charge on any atom is -0.489 e. The molecule has 1 unspecified atom stereocenters. The van der Waals surface area contributed by atoms with Crippen molar-refractivity contribution in [3.8, 4) is 5.75 Å². The van der Waals surface area contributed by atoms with Crippen molar-refractivity contribution in [2.45, 2.75) is 6.61 Å². The summed E-state index contributed by atoms with van der Waals surface area (Å²) in [6.07, 6.45) is 5.36. The van der Waals surface area contributed by atoms with Gasteiger partial charge in [-0.1, -0.05) is 72.8 Å². The van der Waals surface area contributed by atoms with Crippen molar-refractivity contribution in [1.29, 1.82) is 0 Å². The highest BCUT2D eigenvalue weighted by atomic mass is 35.5. The molecule has 4 nitrogen and oxygen atoms in total. The van der Waals surface area contributed by atoms with E-state index in [0.717, 1.165) is 39.2 Å². The van der Waals surface area contributed by atoms with Gasteiger partial charge in [0, 0.05) is 5.56 Å². The fraction of sp³-hybridized carbons (Fsp3) is 0.0345. The topological polar surface area (TPSA) is 34.0 Å². The summed E-state index contributed by atoms with van der Waals surface area (Å²) in [5.74, 6) is 1.48. The summed E-state index contributed by atoms with van der Waals surface area (Å²) < 4.78 is 6.00. The maximum atomic E-state index is 7.19. The number of rotatable bonds is 5. The van der Waals surface area contributed by atoms with Gasteiger partial charge in [0.05, 0.1) is 18.0 Å². The Morgan fingerprint density at radius 3 is 2.47 bits per heavy atom. The molecule has 0 saturated carbocycles. The minimum atomic E-state index is -0.0617. The first kappa shape index (κ1) is 20.6. The Labute approximate surface area is 203 Å². The summed E-state index contributed by atoms with van der Waals surface area (Å²) in [6.45, 7) is 0.496. The van der Waals surface area contributed by atoms with E-state index in [2.05, 4.69) is 35.3 Å². The highest BCUT2D eigenvalue weighted by Crippen LogP contribution is 2.41. The number of amidine groups is 1. The Kier molecular flexibility index (Phi) is 5.10. The molecule has 2 aliphatic rings. The SMILES string of the molecule is Cl[N+]12C=CN=CC1=C(c1ccc3ccccc3c1)N=C2c1cccc(OCc2ccccc2)c1. The lowest BCUT2D eigenvalue weighted by Gasteiger charge is -2.23. The number of hydrogen-bond donors (Lipinski definition) is 0. The van der Waals surface area contributed by atoms with Crippen LogP contribution >= 0.6 is 11.8 Å². The standard InChI is InChI=1S/C29H21ClN3O/c30-33-16-15-31-19-27(33)28(24-14-13-22-9-4-5-10-23(22)17-24)32-29(33)25-11-6-12-26(18-25)34-20-21-7-2-1-3-8-21/h1-19H,20H2/q+1. The van der Waals surface area contributed by atoms with Gasteiger partial charge in [0.25, 0.3) is 5.84 Å². The minimum absolute atomic E-state index is 0.0617. The van der Waals surface area contributed by atoms with Crippen LogP contribution in [0.1, 0.15) is 16.7 Å². The van der Waals surface area contributed by atoms with Crippen LogP contribution in [0.15, 0.2) is 125 Å². The van der Waals surface area contributed by atoms with Gasteiger partial charge >= 0.3 is 0 Å². The molecule has 4 aromatic rings. The number of halogens is 1. The number of nitrogens with zero attached hydrogens (tertiary/aromatic N) is 3. The number of benzene rings is 4. The highest BCUT2D eigenvalue weighted by molar-refractivity contribution is 6.22. The van der Waals surface area contributed by atoms with Gasteiger partial charge in [-0.3, -0.25) is 4.99 Å². The normalized spacial score (nSPS) is 18.8. The van der Waals surface area contributed by atoms with E-state index in [1.807, 2.05) is 72.9 Å². The second kappa shape index (κ2) is 8.41. The van der Waals surface area contributed by atoms with Crippen molar-refractivity contribution < 1.29 is 8.74 Å². The van der Waals surface area contributed by atoms with E-state index in [1.54, 1.807) is 12.4 Å². The Balaban J connectivity index is 1.38. The molecule has 0 spiro atoms. The van der Waals surface area contributed by atoms with Crippen molar-refractivity contribution >= 4 is 40.3 Å². The van der Waals surface area contributed by atoms with E-state index < -0.39 is 0 Å². The maximum absolute atomic E-state index is 7.19. The molecule has 4 aromatic carbocycles. The lowest BCUT2D eigenvalue weighted by atomic mass is 10.0. The Bertz CT molecular complexity index is 1520. The lowest BCUT2D eigenvalue weighted by molar-refractivity contribution is -0.599. The maximum Gasteiger partial charge on any atom is 0.264 e. The zero-order valence-corrected chi connectivity index (χ0v) is 19.1. The molecule has 6 rings (SSSR count). The Hall–Kier alpha value is -3.99. The lowest BCUT2D eigenvalue weighted by Crippen LogP contribution is -2.37. The highest BCUT2D eigenvalue weighted by Gasteiger charge is 2.46. The number of fused-ring (bicyclic) bond motifs is 2. The van der Waals surface area contributed by atoms with Crippen LogP contribution in [0.3, 0.4) is 0 Å². The van der Waals surface area contributed by atoms with Crippen LogP contribution in [0, 0.1) is 0 Å². The van der Waals surface area contributed by atoms with Crippen LogP contribution in [-0.4, -0.2) is 16.1 Å². The Morgan fingerprint density at radius 2 is 1.59 bits per heavy atom. The molecule has 0 aliphatic carbocycles. The first-order valence-corrected chi connectivity index (χ1v) is 11.4. The molecule has 0 bridgehead atoms. The molecule has 0 radical (unpaired) electrons. The third-order valence-corrected chi connectivity index (χ3v) is 6.49. The van der Waals surface area contributed by atoms with Crippen LogP contribution in [0.4, 0.5) is 0 Å². The zero-order chi connectivity index (χ0) is 23.0. The predicted molar refractivity (Wildman–Crippen MR) is 138 cm³/mol. The van der Waals surface area contributed by atoms with Gasteiger partial charge in [0.1, 0.15) is 24.3 Å². The van der Waals surface area contributed by atoms with Crippen molar-refractivity contribution in [3.05, 3.63) is 132 Å². The summed E-state index contributed by atoms with van der Waals surface area (Å²) in [7, 11) is 0. The molecule has 0 N–H and O–H groups in total. The van der Waals surface area contributed by atoms with Crippen LogP contribution in [-0.2, 0) is 6.61 Å². The van der Waals surface area contributed by atoms with Crippen molar-refractivity contribution in [2.75, 3.05) is 0 Å². The molecule has 2 aliphatic heterocycles. The van der Waals surface area contributed by atoms with Crippen LogP contribution in [0.5, 0.6) is 5.75 Å². The molecular formula is C29H21ClN3O+. The van der Waals surface area contributed by atoms with Gasteiger partial charge in [0.15, 0.2) is 11.8 Å². The number of aliphatic imine (C=N–C) groups is 2. The van der Waals surface area contributed by atoms with E-state index in [4.69, 9.17) is 21.5 Å². The number of allylic oxidation sites excluding steroid dienone is 1. The zero-order valence-electron chi connectivity index (χ0n) is 18.3. The largest absolute Gasteiger partial charge is 0.489 e. The van der Waals surface area contributed by atoms with E-state index in [0.29, 0.717) is 12.4 Å². The second-order valence-corrected chi connectivity index (χ2v) is 8.78. The van der Waals surface area contributed by atoms with Gasteiger partial charge in [-0.2, -0.15) is 4.99 Å². The monoisotopic (exact) mass is 462 g/mol. The van der Waals surface area contributed by atoms with E-state index in [9.17, 15) is 0 Å². The van der Waals surface area contributed by atoms with Crippen LogP contribution < -0.4 is 4.74 Å². The van der Waals surface area contributed by atoms with Gasteiger partial charge < -0.3 is 4.74 Å². The van der Waals surface area contributed by atoms with Crippen LogP contribution in [0.2, 0.25) is 0 Å². The van der Waals surface area contributed by atoms with E-state index in [-0.39, 0.29) is 4.00 Å². The van der Waals surface area contributed by atoms with Crippen molar-refractivity contribution in [2.24, 2.45) is 9.98 Å². The van der Waals surface area contributed by atoms with Gasteiger partial charge in [-0.25, -0.2) is 0 Å². The summed E-state index contributed by atoms with van der Waals surface area (Å²) >= 11 is 7.19. The predicted octanol–water partition coefficient (Wildman–Crippen LogP) is 7.07. The Morgan fingerprint density at radius 1 is 0.765 bits per heavy atom. The number of quaternary nitrogens is 1. The van der Waals surface area contributed by atoms with Gasteiger partial charge in [-0.15, -0.1) is 4.00 Å². The summed E-state index contributed by atoms with van der Waals surface area (Å²) in [5.41, 5.74) is 4.66. The molecule has 164 valence electrons. The summed E-state index contributed by atoms with van der Waals surface area (Å²) in [6, 6.07) is 32.7. The first-order chi connectivity index (χ1) is 16.7. The third kappa shape index (κ3) is 3.63. The fourth-order valence-corrected chi connectivity index (χ4v) is 4.62. The molecule has 34 heavy (non-hydrogen) atoms. The number of hydrogen-bond acceptors (Lipinski definition) is 3. The molecule has 2 heterocycles.